The zero-order valence-corrected chi connectivity index (χ0v) is 7.99. The van der Waals surface area contributed by atoms with Crippen LogP contribution in [0.25, 0.3) is 0 Å². The quantitative estimate of drug-likeness (QED) is 0.660. The molecular formula is C11H14O2. The predicted octanol–water partition coefficient (Wildman–Crippen LogP) is 2.07. The third kappa shape index (κ3) is 2.90. The molecule has 0 aliphatic rings. The lowest BCUT2D eigenvalue weighted by molar-refractivity contribution is -0.110. The molecule has 0 saturated heterocycles. The van der Waals surface area contributed by atoms with E-state index in [9.17, 15) is 4.79 Å². The molecule has 70 valence electrons. The van der Waals surface area contributed by atoms with Gasteiger partial charge in [0.2, 0.25) is 0 Å². The molecular weight excluding hydrogens is 164 g/mol. The van der Waals surface area contributed by atoms with Gasteiger partial charge in [0, 0.05) is 5.92 Å². The zero-order chi connectivity index (χ0) is 9.68. The summed E-state index contributed by atoms with van der Waals surface area (Å²) in [6.07, 6.45) is 1.75. The van der Waals surface area contributed by atoms with E-state index in [1.165, 1.54) is 0 Å². The average molecular weight is 178 g/mol. The molecule has 0 aromatic heterocycles. The van der Waals surface area contributed by atoms with Crippen molar-refractivity contribution in [3.8, 4) is 5.75 Å². The maximum Gasteiger partial charge on any atom is 0.123 e. The lowest BCUT2D eigenvalue weighted by Gasteiger charge is -2.05. The smallest absolute Gasteiger partial charge is 0.123 e. The van der Waals surface area contributed by atoms with E-state index in [0.717, 1.165) is 24.0 Å². The van der Waals surface area contributed by atoms with E-state index in [0.29, 0.717) is 0 Å². The highest BCUT2D eigenvalue weighted by molar-refractivity contribution is 5.53. The standard InChI is InChI=1S/C11H14O2/c1-9(8-12)6-10-4-3-5-11(7-10)13-2/h3-5,7-9H,6H2,1-2H3. The Morgan fingerprint density at radius 2 is 2.31 bits per heavy atom. The first kappa shape index (κ1) is 9.78. The molecule has 0 N–H and O–H groups in total. The van der Waals surface area contributed by atoms with Gasteiger partial charge in [0.15, 0.2) is 0 Å². The van der Waals surface area contributed by atoms with Gasteiger partial charge in [-0.1, -0.05) is 19.1 Å². The molecule has 2 heteroatoms. The summed E-state index contributed by atoms with van der Waals surface area (Å²) in [5.74, 6) is 0.919. The third-order valence-corrected chi connectivity index (χ3v) is 1.92. The van der Waals surface area contributed by atoms with Gasteiger partial charge in [0.05, 0.1) is 7.11 Å². The normalized spacial score (nSPS) is 12.2. The molecule has 0 saturated carbocycles. The maximum atomic E-state index is 10.4. The van der Waals surface area contributed by atoms with Crippen LogP contribution in [0.1, 0.15) is 12.5 Å². The molecule has 0 fully saturated rings. The number of ether oxygens (including phenoxy) is 1. The van der Waals surface area contributed by atoms with Gasteiger partial charge in [-0.2, -0.15) is 0 Å². The second-order valence-electron chi connectivity index (χ2n) is 3.17. The van der Waals surface area contributed by atoms with Crippen LogP contribution in [-0.4, -0.2) is 13.4 Å². The Morgan fingerprint density at radius 1 is 1.54 bits per heavy atom. The summed E-state index contributed by atoms with van der Waals surface area (Å²) in [4.78, 5) is 10.4. The summed E-state index contributed by atoms with van der Waals surface area (Å²) < 4.78 is 5.08. The van der Waals surface area contributed by atoms with Crippen molar-refractivity contribution >= 4 is 6.29 Å². The lowest BCUT2D eigenvalue weighted by Crippen LogP contribution is -2.00. The molecule has 0 amide bonds. The Morgan fingerprint density at radius 3 is 2.92 bits per heavy atom. The van der Waals surface area contributed by atoms with Gasteiger partial charge < -0.3 is 9.53 Å². The van der Waals surface area contributed by atoms with Crippen LogP contribution in [0.15, 0.2) is 24.3 Å². The fourth-order valence-electron chi connectivity index (χ4n) is 1.22. The molecule has 0 heterocycles. The first-order chi connectivity index (χ1) is 6.26. The summed E-state index contributed by atoms with van der Waals surface area (Å²) in [6, 6.07) is 7.79. The zero-order valence-electron chi connectivity index (χ0n) is 7.99. The van der Waals surface area contributed by atoms with Crippen molar-refractivity contribution in [1.82, 2.24) is 0 Å². The fraction of sp³-hybridized carbons (Fsp3) is 0.364. The predicted molar refractivity (Wildman–Crippen MR) is 51.9 cm³/mol. The molecule has 0 spiro atoms. The van der Waals surface area contributed by atoms with Crippen molar-refractivity contribution in [1.29, 1.82) is 0 Å². The molecule has 1 atom stereocenters. The van der Waals surface area contributed by atoms with Crippen LogP contribution in [0.3, 0.4) is 0 Å². The number of methoxy groups -OCH3 is 1. The van der Waals surface area contributed by atoms with E-state index in [1.807, 2.05) is 31.2 Å². The second-order valence-corrected chi connectivity index (χ2v) is 3.17. The minimum atomic E-state index is 0.0760. The van der Waals surface area contributed by atoms with E-state index >= 15 is 0 Å². The molecule has 1 rings (SSSR count). The Balaban J connectivity index is 2.71. The maximum absolute atomic E-state index is 10.4. The summed E-state index contributed by atoms with van der Waals surface area (Å²) in [6.45, 7) is 1.91. The number of carbonyl (C=O) groups excluding carboxylic acids is 1. The van der Waals surface area contributed by atoms with Gasteiger partial charge in [-0.05, 0) is 24.1 Å². The number of benzene rings is 1. The molecule has 0 aliphatic carbocycles. The largest absolute Gasteiger partial charge is 0.497 e. The van der Waals surface area contributed by atoms with Crippen molar-refractivity contribution in [3.05, 3.63) is 29.8 Å². The molecule has 1 aromatic rings. The number of aldehydes is 1. The summed E-state index contributed by atoms with van der Waals surface area (Å²) >= 11 is 0. The summed E-state index contributed by atoms with van der Waals surface area (Å²) in [5, 5.41) is 0. The van der Waals surface area contributed by atoms with Crippen molar-refractivity contribution in [2.75, 3.05) is 7.11 Å². The lowest BCUT2D eigenvalue weighted by atomic mass is 10.0. The molecule has 0 radical (unpaired) electrons. The van der Waals surface area contributed by atoms with Crippen LogP contribution in [0, 0.1) is 5.92 Å². The van der Waals surface area contributed by atoms with Crippen LogP contribution in [0.2, 0.25) is 0 Å². The minimum absolute atomic E-state index is 0.0760. The van der Waals surface area contributed by atoms with Crippen molar-refractivity contribution in [2.24, 2.45) is 5.92 Å². The molecule has 1 unspecified atom stereocenters. The highest BCUT2D eigenvalue weighted by atomic mass is 16.5. The van der Waals surface area contributed by atoms with Gasteiger partial charge in [-0.3, -0.25) is 0 Å². The SMILES string of the molecule is COc1cccc(CC(C)C=O)c1. The first-order valence-corrected chi connectivity index (χ1v) is 4.34. The van der Waals surface area contributed by atoms with Crippen LogP contribution in [0.5, 0.6) is 5.75 Å². The van der Waals surface area contributed by atoms with Gasteiger partial charge >= 0.3 is 0 Å². The fourth-order valence-corrected chi connectivity index (χ4v) is 1.22. The minimum Gasteiger partial charge on any atom is -0.497 e. The van der Waals surface area contributed by atoms with Gasteiger partial charge in [-0.15, -0.1) is 0 Å². The van der Waals surface area contributed by atoms with Crippen molar-refractivity contribution in [3.63, 3.8) is 0 Å². The number of carbonyl (C=O) groups is 1. The average Bonchev–Trinajstić information content (AvgIpc) is 2.18. The van der Waals surface area contributed by atoms with E-state index in [-0.39, 0.29) is 5.92 Å². The van der Waals surface area contributed by atoms with E-state index in [2.05, 4.69) is 0 Å². The molecule has 2 nitrogen and oxygen atoms in total. The topological polar surface area (TPSA) is 26.3 Å². The van der Waals surface area contributed by atoms with E-state index < -0.39 is 0 Å². The Bertz CT molecular complexity index is 281. The summed E-state index contributed by atoms with van der Waals surface area (Å²) in [5.41, 5.74) is 1.14. The highest BCUT2D eigenvalue weighted by Gasteiger charge is 2.02. The van der Waals surface area contributed by atoms with Crippen LogP contribution >= 0.6 is 0 Å². The second kappa shape index (κ2) is 4.65. The summed E-state index contributed by atoms with van der Waals surface area (Å²) in [7, 11) is 1.64. The van der Waals surface area contributed by atoms with Crippen LogP contribution in [-0.2, 0) is 11.2 Å². The van der Waals surface area contributed by atoms with E-state index in [1.54, 1.807) is 7.11 Å². The van der Waals surface area contributed by atoms with Crippen molar-refractivity contribution < 1.29 is 9.53 Å². The molecule has 1 aromatic carbocycles. The monoisotopic (exact) mass is 178 g/mol. The Hall–Kier alpha value is -1.31. The van der Waals surface area contributed by atoms with Gasteiger partial charge in [-0.25, -0.2) is 0 Å². The highest BCUT2D eigenvalue weighted by Crippen LogP contribution is 2.14. The van der Waals surface area contributed by atoms with Crippen LogP contribution < -0.4 is 4.74 Å². The van der Waals surface area contributed by atoms with Crippen molar-refractivity contribution in [2.45, 2.75) is 13.3 Å². The number of hydrogen-bond donors (Lipinski definition) is 0. The molecule has 0 aliphatic heterocycles. The third-order valence-electron chi connectivity index (χ3n) is 1.92. The van der Waals surface area contributed by atoms with Crippen LogP contribution in [0.4, 0.5) is 0 Å². The number of rotatable bonds is 4. The Kier molecular flexibility index (Phi) is 3.50. The molecule has 0 bridgehead atoms. The number of hydrogen-bond acceptors (Lipinski definition) is 2. The molecule has 13 heavy (non-hydrogen) atoms. The Labute approximate surface area is 78.5 Å². The van der Waals surface area contributed by atoms with E-state index in [4.69, 9.17) is 4.74 Å². The van der Waals surface area contributed by atoms with Gasteiger partial charge in [0.25, 0.3) is 0 Å². The first-order valence-electron chi connectivity index (χ1n) is 4.34. The van der Waals surface area contributed by atoms with Gasteiger partial charge in [0.1, 0.15) is 12.0 Å².